The van der Waals surface area contributed by atoms with Crippen molar-refractivity contribution >= 4 is 5.97 Å². The number of carbonyl (C=O) groups excluding carboxylic acids is 1. The molecule has 0 saturated carbocycles. The summed E-state index contributed by atoms with van der Waals surface area (Å²) >= 11 is 0. The standard InChI is InChI=1S/C10H11F2NO2/c1-3-15-9(14)8-7(10(2,11)12)5-4-6-13-8/h4-6H,3H2,1-2H3. The van der Waals surface area contributed by atoms with Crippen molar-refractivity contribution in [2.24, 2.45) is 0 Å². The Bertz CT molecular complexity index is 361. The molecule has 5 heteroatoms. The molecule has 0 spiro atoms. The Morgan fingerprint density at radius 1 is 1.60 bits per heavy atom. The number of ether oxygens (including phenoxy) is 1. The largest absolute Gasteiger partial charge is 0.461 e. The lowest BCUT2D eigenvalue weighted by atomic mass is 10.1. The average molecular weight is 215 g/mol. The van der Waals surface area contributed by atoms with E-state index in [0.717, 1.165) is 0 Å². The molecule has 1 aromatic rings. The van der Waals surface area contributed by atoms with Crippen LogP contribution in [0.25, 0.3) is 0 Å². The monoisotopic (exact) mass is 215 g/mol. The van der Waals surface area contributed by atoms with Gasteiger partial charge >= 0.3 is 5.97 Å². The molecule has 1 rings (SSSR count). The van der Waals surface area contributed by atoms with Crippen molar-refractivity contribution < 1.29 is 18.3 Å². The van der Waals surface area contributed by atoms with Crippen molar-refractivity contribution in [3.63, 3.8) is 0 Å². The SMILES string of the molecule is CCOC(=O)c1ncccc1C(C)(F)F. The fraction of sp³-hybridized carbons (Fsp3) is 0.400. The summed E-state index contributed by atoms with van der Waals surface area (Å²) < 4.78 is 30.8. The Morgan fingerprint density at radius 2 is 2.27 bits per heavy atom. The number of halogens is 2. The van der Waals surface area contributed by atoms with Gasteiger partial charge in [-0.1, -0.05) is 0 Å². The second-order valence-electron chi connectivity index (χ2n) is 3.01. The molecule has 0 aliphatic rings. The molecule has 82 valence electrons. The lowest BCUT2D eigenvalue weighted by Crippen LogP contribution is -2.17. The van der Waals surface area contributed by atoms with Crippen LogP contribution in [0.2, 0.25) is 0 Å². The van der Waals surface area contributed by atoms with E-state index in [9.17, 15) is 13.6 Å². The number of alkyl halides is 2. The number of aromatic nitrogens is 1. The highest BCUT2D eigenvalue weighted by Gasteiger charge is 2.31. The van der Waals surface area contributed by atoms with Crippen molar-refractivity contribution in [2.75, 3.05) is 6.61 Å². The summed E-state index contributed by atoms with van der Waals surface area (Å²) in [5, 5.41) is 0. The summed E-state index contributed by atoms with van der Waals surface area (Å²) in [6, 6.07) is 2.52. The van der Waals surface area contributed by atoms with Crippen molar-refractivity contribution in [3.8, 4) is 0 Å². The van der Waals surface area contributed by atoms with E-state index in [0.29, 0.717) is 6.92 Å². The Labute approximate surface area is 86.1 Å². The van der Waals surface area contributed by atoms with Crippen LogP contribution < -0.4 is 0 Å². The average Bonchev–Trinajstić information content (AvgIpc) is 2.17. The van der Waals surface area contributed by atoms with E-state index in [2.05, 4.69) is 9.72 Å². The van der Waals surface area contributed by atoms with Crippen LogP contribution in [-0.4, -0.2) is 17.6 Å². The second kappa shape index (κ2) is 4.33. The lowest BCUT2D eigenvalue weighted by Gasteiger charge is -2.13. The van der Waals surface area contributed by atoms with Gasteiger partial charge in [0, 0.05) is 13.1 Å². The summed E-state index contributed by atoms with van der Waals surface area (Å²) in [5.74, 6) is -3.93. The van der Waals surface area contributed by atoms with Crippen LogP contribution in [0.1, 0.15) is 29.9 Å². The van der Waals surface area contributed by atoms with Gasteiger partial charge in [-0.2, -0.15) is 0 Å². The molecule has 0 aromatic carbocycles. The molecule has 0 saturated heterocycles. The fourth-order valence-electron chi connectivity index (χ4n) is 1.12. The number of hydrogen-bond acceptors (Lipinski definition) is 3. The first-order valence-corrected chi connectivity index (χ1v) is 4.47. The molecule has 0 fully saturated rings. The molecule has 0 aliphatic heterocycles. The highest BCUT2D eigenvalue weighted by atomic mass is 19.3. The number of pyridine rings is 1. The number of hydrogen-bond donors (Lipinski definition) is 0. The lowest BCUT2D eigenvalue weighted by molar-refractivity contribution is 0.0136. The van der Waals surface area contributed by atoms with E-state index >= 15 is 0 Å². The van der Waals surface area contributed by atoms with E-state index in [4.69, 9.17) is 0 Å². The number of rotatable bonds is 3. The van der Waals surface area contributed by atoms with Gasteiger partial charge in [0.2, 0.25) is 0 Å². The van der Waals surface area contributed by atoms with Gasteiger partial charge in [0.05, 0.1) is 12.2 Å². The van der Waals surface area contributed by atoms with E-state index in [1.807, 2.05) is 0 Å². The zero-order chi connectivity index (χ0) is 11.5. The number of nitrogens with zero attached hydrogens (tertiary/aromatic N) is 1. The molecule has 0 aliphatic carbocycles. The van der Waals surface area contributed by atoms with Crippen LogP contribution in [0.15, 0.2) is 18.3 Å². The maximum atomic E-state index is 13.1. The highest BCUT2D eigenvalue weighted by molar-refractivity contribution is 5.89. The Morgan fingerprint density at radius 3 is 2.80 bits per heavy atom. The van der Waals surface area contributed by atoms with Gasteiger partial charge in [-0.3, -0.25) is 0 Å². The smallest absolute Gasteiger partial charge is 0.357 e. The Kier molecular flexibility index (Phi) is 3.34. The summed E-state index contributed by atoms with van der Waals surface area (Å²) in [5.41, 5.74) is -0.740. The molecule has 0 unspecified atom stereocenters. The van der Waals surface area contributed by atoms with Gasteiger partial charge in [-0.25, -0.2) is 18.6 Å². The van der Waals surface area contributed by atoms with Crippen molar-refractivity contribution in [3.05, 3.63) is 29.6 Å². The quantitative estimate of drug-likeness (QED) is 0.726. The zero-order valence-corrected chi connectivity index (χ0v) is 8.46. The maximum Gasteiger partial charge on any atom is 0.357 e. The Hall–Kier alpha value is -1.52. The van der Waals surface area contributed by atoms with Crippen LogP contribution in [0.5, 0.6) is 0 Å². The van der Waals surface area contributed by atoms with Gasteiger partial charge in [-0.05, 0) is 19.1 Å². The minimum Gasteiger partial charge on any atom is -0.461 e. The summed E-state index contributed by atoms with van der Waals surface area (Å²) in [7, 11) is 0. The Balaban J connectivity index is 3.12. The van der Waals surface area contributed by atoms with Crippen LogP contribution >= 0.6 is 0 Å². The van der Waals surface area contributed by atoms with Crippen molar-refractivity contribution in [2.45, 2.75) is 19.8 Å². The summed E-state index contributed by atoms with van der Waals surface area (Å²) in [6.45, 7) is 2.45. The van der Waals surface area contributed by atoms with E-state index < -0.39 is 17.5 Å². The van der Waals surface area contributed by atoms with Crippen molar-refractivity contribution in [1.29, 1.82) is 0 Å². The molecule has 15 heavy (non-hydrogen) atoms. The molecular weight excluding hydrogens is 204 g/mol. The van der Waals surface area contributed by atoms with Gasteiger partial charge in [0.1, 0.15) is 0 Å². The first kappa shape index (κ1) is 11.6. The minimum absolute atomic E-state index is 0.129. The molecule has 1 heterocycles. The second-order valence-corrected chi connectivity index (χ2v) is 3.01. The predicted molar refractivity (Wildman–Crippen MR) is 49.8 cm³/mol. The third kappa shape index (κ3) is 2.71. The summed E-state index contributed by atoms with van der Waals surface area (Å²) in [6.07, 6.45) is 1.28. The topological polar surface area (TPSA) is 39.2 Å². The first-order chi connectivity index (χ1) is 6.96. The third-order valence-corrected chi connectivity index (χ3v) is 1.75. The van der Waals surface area contributed by atoms with Gasteiger partial charge in [-0.15, -0.1) is 0 Å². The maximum absolute atomic E-state index is 13.1. The predicted octanol–water partition coefficient (Wildman–Crippen LogP) is 2.37. The number of carbonyl (C=O) groups is 1. The van der Waals surface area contributed by atoms with Crippen LogP contribution in [-0.2, 0) is 10.7 Å². The van der Waals surface area contributed by atoms with Gasteiger partial charge in [0.15, 0.2) is 5.69 Å². The van der Waals surface area contributed by atoms with Gasteiger partial charge in [0.25, 0.3) is 5.92 Å². The number of esters is 1. The third-order valence-electron chi connectivity index (χ3n) is 1.75. The molecule has 1 aromatic heterocycles. The minimum atomic E-state index is -3.10. The molecule has 0 amide bonds. The normalized spacial score (nSPS) is 11.2. The molecule has 0 bridgehead atoms. The van der Waals surface area contributed by atoms with Crippen LogP contribution in [0, 0.1) is 0 Å². The molecule has 0 atom stereocenters. The van der Waals surface area contributed by atoms with E-state index in [1.54, 1.807) is 6.92 Å². The van der Waals surface area contributed by atoms with Gasteiger partial charge < -0.3 is 4.74 Å². The van der Waals surface area contributed by atoms with Crippen molar-refractivity contribution in [1.82, 2.24) is 4.98 Å². The highest BCUT2D eigenvalue weighted by Crippen LogP contribution is 2.28. The van der Waals surface area contributed by atoms with E-state index in [-0.39, 0.29) is 12.3 Å². The molecular formula is C10H11F2NO2. The zero-order valence-electron chi connectivity index (χ0n) is 8.46. The van der Waals surface area contributed by atoms with Crippen LogP contribution in [0.3, 0.4) is 0 Å². The molecule has 3 nitrogen and oxygen atoms in total. The summed E-state index contributed by atoms with van der Waals surface area (Å²) in [4.78, 5) is 14.9. The molecule has 0 radical (unpaired) electrons. The van der Waals surface area contributed by atoms with Crippen LogP contribution in [0.4, 0.5) is 8.78 Å². The first-order valence-electron chi connectivity index (χ1n) is 4.47. The van der Waals surface area contributed by atoms with E-state index in [1.165, 1.54) is 18.3 Å². The fourth-order valence-corrected chi connectivity index (χ4v) is 1.12. The molecule has 0 N–H and O–H groups in total.